The Morgan fingerprint density at radius 3 is 2.46 bits per heavy atom. The zero-order chi connectivity index (χ0) is 10.1. The van der Waals surface area contributed by atoms with Gasteiger partial charge in [-0.25, -0.2) is 0 Å². The lowest BCUT2D eigenvalue weighted by Gasteiger charge is -2.08. The van der Waals surface area contributed by atoms with Crippen molar-refractivity contribution in [2.45, 2.75) is 58.5 Å². The van der Waals surface area contributed by atoms with E-state index in [2.05, 4.69) is 19.2 Å². The van der Waals surface area contributed by atoms with Crippen LogP contribution in [0.3, 0.4) is 0 Å². The van der Waals surface area contributed by atoms with Crippen LogP contribution >= 0.6 is 0 Å². The van der Waals surface area contributed by atoms with Crippen molar-refractivity contribution in [3.63, 3.8) is 0 Å². The average Bonchev–Trinajstić information content (AvgIpc) is 2.16. The third kappa shape index (κ3) is 6.62. The van der Waals surface area contributed by atoms with Crippen LogP contribution in [0.2, 0.25) is 0 Å². The Morgan fingerprint density at radius 2 is 1.92 bits per heavy atom. The third-order valence-electron chi connectivity index (χ3n) is 2.36. The van der Waals surface area contributed by atoms with E-state index < -0.39 is 0 Å². The second kappa shape index (κ2) is 8.10. The minimum atomic E-state index is -0.320. The van der Waals surface area contributed by atoms with Crippen LogP contribution in [0.4, 0.5) is 0 Å². The minimum absolute atomic E-state index is 0.320. The van der Waals surface area contributed by atoms with E-state index in [-0.39, 0.29) is 6.10 Å². The highest BCUT2D eigenvalue weighted by Gasteiger charge is 2.04. The van der Waals surface area contributed by atoms with Crippen molar-refractivity contribution in [2.24, 2.45) is 0 Å². The number of hydrogen-bond acceptors (Lipinski definition) is 1. The van der Waals surface area contributed by atoms with Crippen molar-refractivity contribution in [3.05, 3.63) is 17.9 Å². The minimum Gasteiger partial charge on any atom is -0.388 e. The highest BCUT2D eigenvalue weighted by molar-refractivity contribution is 5.00. The number of aliphatic hydroxyl groups is 1. The largest absolute Gasteiger partial charge is 0.388 e. The molecule has 0 heterocycles. The molecule has 0 rings (SSSR count). The third-order valence-corrected chi connectivity index (χ3v) is 2.36. The average molecular weight is 182 g/mol. The van der Waals surface area contributed by atoms with E-state index in [0.29, 0.717) is 0 Å². The van der Waals surface area contributed by atoms with Crippen molar-refractivity contribution in [1.82, 2.24) is 0 Å². The fourth-order valence-electron chi connectivity index (χ4n) is 1.28. The van der Waals surface area contributed by atoms with Crippen LogP contribution in [0.25, 0.3) is 0 Å². The molecule has 1 heteroatoms. The van der Waals surface area contributed by atoms with Crippen LogP contribution in [0, 0.1) is 0 Å². The topological polar surface area (TPSA) is 20.2 Å². The Balaban J connectivity index is 3.37. The quantitative estimate of drug-likeness (QED) is 0.472. The molecule has 0 bridgehead atoms. The molecule has 13 heavy (non-hydrogen) atoms. The zero-order valence-corrected chi connectivity index (χ0v) is 8.97. The van der Waals surface area contributed by atoms with Gasteiger partial charge in [0.2, 0.25) is 0 Å². The lowest BCUT2D eigenvalue weighted by atomic mass is 10.0. The molecule has 0 aromatic heterocycles. The number of hydrogen-bond donors (Lipinski definition) is 1. The molecule has 0 saturated carbocycles. The zero-order valence-electron chi connectivity index (χ0n) is 8.97. The number of aliphatic hydroxyl groups excluding tert-OH is 1. The summed E-state index contributed by atoms with van der Waals surface area (Å²) >= 11 is 0. The van der Waals surface area contributed by atoms with Crippen molar-refractivity contribution in [1.29, 1.82) is 0 Å². The first kappa shape index (κ1) is 12.5. The Labute approximate surface area is 82.2 Å². The van der Waals surface area contributed by atoms with Crippen LogP contribution in [0.15, 0.2) is 17.9 Å². The van der Waals surface area contributed by atoms with Crippen LogP contribution in [0.5, 0.6) is 0 Å². The first-order chi connectivity index (χ1) is 6.22. The van der Waals surface area contributed by atoms with Crippen molar-refractivity contribution in [3.8, 4) is 0 Å². The van der Waals surface area contributed by atoms with Gasteiger partial charge in [-0.1, -0.05) is 45.6 Å². The van der Waals surface area contributed by atoms with Crippen molar-refractivity contribution in [2.75, 3.05) is 0 Å². The van der Waals surface area contributed by atoms with Crippen molar-refractivity contribution >= 4 is 0 Å². The summed E-state index contributed by atoms with van der Waals surface area (Å²) in [6, 6.07) is 0. The van der Waals surface area contributed by atoms with E-state index in [0.717, 1.165) is 18.4 Å². The Bertz CT molecular complexity index is 166. The fourth-order valence-corrected chi connectivity index (χ4v) is 1.28. The highest BCUT2D eigenvalue weighted by Crippen LogP contribution is 2.11. The van der Waals surface area contributed by atoms with E-state index in [4.69, 9.17) is 0 Å². The smallest absolute Gasteiger partial charge is 0.0820 e. The summed E-state index contributed by atoms with van der Waals surface area (Å²) < 4.78 is 0. The molecule has 0 radical (unpaired) electrons. The maximum Gasteiger partial charge on any atom is 0.0820 e. The Hall–Kier alpha value is -0.520. The van der Waals surface area contributed by atoms with Crippen LogP contribution in [-0.2, 0) is 0 Å². The Morgan fingerprint density at radius 1 is 1.31 bits per heavy atom. The van der Waals surface area contributed by atoms with Gasteiger partial charge in [-0.2, -0.15) is 0 Å². The maximum atomic E-state index is 9.53. The molecule has 0 aliphatic carbocycles. The molecule has 1 N–H and O–H groups in total. The molecule has 1 nitrogen and oxygen atoms in total. The van der Waals surface area contributed by atoms with Crippen molar-refractivity contribution < 1.29 is 5.11 Å². The standard InChI is InChI=1S/C12H22O/c1-4-6-7-8-9-10-12(13)11(3)5-2/h12-13H,2,4,6-10H2,1,3H3. The van der Waals surface area contributed by atoms with Gasteiger partial charge < -0.3 is 5.11 Å². The molecule has 1 unspecified atom stereocenters. The normalized spacial score (nSPS) is 12.2. The molecule has 0 aliphatic rings. The molecule has 0 fully saturated rings. The molecule has 0 amide bonds. The first-order valence-electron chi connectivity index (χ1n) is 5.27. The van der Waals surface area contributed by atoms with E-state index in [1.807, 2.05) is 6.92 Å². The predicted molar refractivity (Wildman–Crippen MR) is 57.7 cm³/mol. The summed E-state index contributed by atoms with van der Waals surface area (Å²) in [5.41, 5.74) is 3.60. The van der Waals surface area contributed by atoms with E-state index in [9.17, 15) is 5.11 Å². The fraction of sp³-hybridized carbons (Fsp3) is 0.750. The van der Waals surface area contributed by atoms with Gasteiger partial charge in [-0.3, -0.25) is 0 Å². The summed E-state index contributed by atoms with van der Waals surface area (Å²) in [4.78, 5) is 0. The van der Waals surface area contributed by atoms with Crippen LogP contribution in [0.1, 0.15) is 52.4 Å². The maximum absolute atomic E-state index is 9.53. The van der Waals surface area contributed by atoms with Gasteiger partial charge in [0.1, 0.15) is 0 Å². The second-order valence-corrected chi connectivity index (χ2v) is 3.58. The summed E-state index contributed by atoms with van der Waals surface area (Å²) in [5.74, 6) is 0. The van der Waals surface area contributed by atoms with Gasteiger partial charge in [-0.05, 0) is 18.9 Å². The van der Waals surface area contributed by atoms with Gasteiger partial charge in [-0.15, -0.1) is 5.73 Å². The van der Waals surface area contributed by atoms with Gasteiger partial charge in [0.05, 0.1) is 6.10 Å². The molecule has 0 spiro atoms. The summed E-state index contributed by atoms with van der Waals surface area (Å²) in [7, 11) is 0. The lowest BCUT2D eigenvalue weighted by Crippen LogP contribution is -2.06. The lowest BCUT2D eigenvalue weighted by molar-refractivity contribution is 0.196. The molecular formula is C12H22O. The molecule has 0 saturated heterocycles. The number of rotatable bonds is 7. The summed E-state index contributed by atoms with van der Waals surface area (Å²) in [6.07, 6.45) is 6.76. The highest BCUT2D eigenvalue weighted by atomic mass is 16.3. The monoisotopic (exact) mass is 182 g/mol. The molecular weight excluding hydrogens is 160 g/mol. The second-order valence-electron chi connectivity index (χ2n) is 3.58. The van der Waals surface area contributed by atoms with Gasteiger partial charge >= 0.3 is 0 Å². The SMILES string of the molecule is C=C=C(C)C(O)CCCCCCC. The van der Waals surface area contributed by atoms with Gasteiger partial charge in [0, 0.05) is 0 Å². The summed E-state index contributed by atoms with van der Waals surface area (Å²) in [5, 5.41) is 9.53. The first-order valence-corrected chi connectivity index (χ1v) is 5.27. The van der Waals surface area contributed by atoms with Gasteiger partial charge in [0.15, 0.2) is 0 Å². The summed E-state index contributed by atoms with van der Waals surface area (Å²) in [6.45, 7) is 7.60. The van der Waals surface area contributed by atoms with Gasteiger partial charge in [0.25, 0.3) is 0 Å². The molecule has 1 atom stereocenters. The molecule has 0 aromatic rings. The predicted octanol–water partition coefficient (Wildman–Crippen LogP) is 3.44. The molecule has 0 aliphatic heterocycles. The number of unbranched alkanes of at least 4 members (excludes halogenated alkanes) is 4. The van der Waals surface area contributed by atoms with E-state index >= 15 is 0 Å². The molecule has 76 valence electrons. The Kier molecular flexibility index (Phi) is 7.77. The molecule has 0 aromatic carbocycles. The van der Waals surface area contributed by atoms with Crippen LogP contribution < -0.4 is 0 Å². The van der Waals surface area contributed by atoms with Crippen LogP contribution in [-0.4, -0.2) is 11.2 Å². The van der Waals surface area contributed by atoms with E-state index in [1.54, 1.807) is 0 Å². The van der Waals surface area contributed by atoms with E-state index in [1.165, 1.54) is 25.7 Å².